The summed E-state index contributed by atoms with van der Waals surface area (Å²) in [4.78, 5) is 4.22. The number of nitrogens with zero attached hydrogens (tertiary/aromatic N) is 2. The van der Waals surface area contributed by atoms with Crippen molar-refractivity contribution in [1.82, 2.24) is 4.98 Å². The number of hydrogen-bond donors (Lipinski definition) is 0. The molecule has 0 radical (unpaired) electrons. The molecule has 0 bridgehead atoms. The third-order valence-electron chi connectivity index (χ3n) is 5.37. The Morgan fingerprint density at radius 3 is 2.66 bits per heavy atom. The van der Waals surface area contributed by atoms with Gasteiger partial charge in [0.15, 0.2) is 0 Å². The third-order valence-corrected chi connectivity index (χ3v) is 5.37. The molecule has 2 rings (SSSR count). The molecule has 164 valence electrons. The van der Waals surface area contributed by atoms with Crippen LogP contribution >= 0.6 is 0 Å². The number of allylic oxidation sites excluding steroid dienone is 8. The van der Waals surface area contributed by atoms with Crippen LogP contribution in [0.25, 0.3) is 0 Å². The number of aromatic nitrogens is 1. The van der Waals surface area contributed by atoms with Gasteiger partial charge in [-0.3, -0.25) is 4.98 Å². The van der Waals surface area contributed by atoms with Gasteiger partial charge in [-0.2, -0.15) is 5.26 Å². The molecule has 0 saturated carbocycles. The van der Waals surface area contributed by atoms with Gasteiger partial charge in [0.05, 0.1) is 11.6 Å². The van der Waals surface area contributed by atoms with E-state index in [1.165, 1.54) is 6.07 Å². The number of nitriles is 1. The van der Waals surface area contributed by atoms with Gasteiger partial charge in [-0.05, 0) is 86.1 Å². The van der Waals surface area contributed by atoms with Crippen LogP contribution in [0.2, 0.25) is 0 Å². The molecule has 0 aliphatic heterocycles. The average molecular weight is 427 g/mol. The van der Waals surface area contributed by atoms with Crippen LogP contribution in [0.3, 0.4) is 0 Å². The second-order valence-corrected chi connectivity index (χ2v) is 7.80. The Labute approximate surface area is 191 Å². The fourth-order valence-electron chi connectivity index (χ4n) is 3.64. The molecule has 1 atom stereocenters. The molecule has 0 saturated heterocycles. The maximum absolute atomic E-state index is 13.5. The van der Waals surface area contributed by atoms with Crippen molar-refractivity contribution in [3.8, 4) is 6.07 Å². The molecule has 0 aliphatic rings. The van der Waals surface area contributed by atoms with Gasteiger partial charge in [0.1, 0.15) is 5.82 Å². The molecule has 0 fully saturated rings. The molecule has 1 unspecified atom stereocenters. The second kappa shape index (κ2) is 13.0. The quantitative estimate of drug-likeness (QED) is 0.212. The first-order chi connectivity index (χ1) is 15.5. The molecule has 32 heavy (non-hydrogen) atoms. The first kappa shape index (κ1) is 24.8. The van der Waals surface area contributed by atoms with Crippen molar-refractivity contribution >= 4 is 0 Å². The zero-order valence-electron chi connectivity index (χ0n) is 19.0. The highest BCUT2D eigenvalue weighted by Crippen LogP contribution is 2.29. The first-order valence-corrected chi connectivity index (χ1v) is 10.9. The van der Waals surface area contributed by atoms with E-state index < -0.39 is 0 Å². The van der Waals surface area contributed by atoms with Gasteiger partial charge in [0.2, 0.25) is 0 Å². The fourth-order valence-corrected chi connectivity index (χ4v) is 3.64. The molecule has 3 heteroatoms. The van der Waals surface area contributed by atoms with E-state index in [1.54, 1.807) is 18.3 Å². The van der Waals surface area contributed by atoms with Crippen LogP contribution < -0.4 is 0 Å². The summed E-state index contributed by atoms with van der Waals surface area (Å²) < 4.78 is 13.5. The zero-order chi connectivity index (χ0) is 23.3. The van der Waals surface area contributed by atoms with Crippen molar-refractivity contribution in [2.24, 2.45) is 5.92 Å². The lowest BCUT2D eigenvalue weighted by atomic mass is 9.84. The monoisotopic (exact) mass is 426 g/mol. The molecule has 2 aromatic rings. The van der Waals surface area contributed by atoms with Crippen LogP contribution in [0.4, 0.5) is 4.39 Å². The van der Waals surface area contributed by atoms with Gasteiger partial charge in [0, 0.05) is 18.3 Å². The Bertz CT molecular complexity index is 1050. The minimum atomic E-state index is -0.214. The summed E-state index contributed by atoms with van der Waals surface area (Å²) in [6.07, 6.45) is 14.4. The highest BCUT2D eigenvalue weighted by molar-refractivity contribution is 5.48. The van der Waals surface area contributed by atoms with Gasteiger partial charge in [-0.25, -0.2) is 4.39 Å². The van der Waals surface area contributed by atoms with Crippen molar-refractivity contribution in [1.29, 1.82) is 5.26 Å². The van der Waals surface area contributed by atoms with Crippen molar-refractivity contribution in [2.45, 2.75) is 39.5 Å². The summed E-state index contributed by atoms with van der Waals surface area (Å²) in [6.45, 7) is 12.3. The Kier molecular flexibility index (Phi) is 10.1. The summed E-state index contributed by atoms with van der Waals surface area (Å²) in [5, 5.41) is 9.76. The molecular formula is C29H31FN2. The largest absolute Gasteiger partial charge is 0.264 e. The highest BCUT2D eigenvalue weighted by Gasteiger charge is 2.16. The van der Waals surface area contributed by atoms with E-state index in [0.29, 0.717) is 5.57 Å². The zero-order valence-corrected chi connectivity index (χ0v) is 19.0. The van der Waals surface area contributed by atoms with Gasteiger partial charge < -0.3 is 0 Å². The number of rotatable bonds is 11. The van der Waals surface area contributed by atoms with E-state index in [0.717, 1.165) is 53.5 Å². The van der Waals surface area contributed by atoms with Crippen LogP contribution in [0.15, 0.2) is 109 Å². The van der Waals surface area contributed by atoms with E-state index in [-0.39, 0.29) is 11.7 Å². The average Bonchev–Trinajstić information content (AvgIpc) is 2.79. The maximum Gasteiger partial charge on any atom is 0.123 e. The standard InChI is InChI=1S/C29H31FN2/c1-5-10-22(3)27(20-31)19-29(26(6-2)17-25-14-9-16-32-21-25)23(4)11-7-12-24-13-8-15-28(30)18-24/h5-6,8-10,13-16,18-19,21,26H,2,4,7,11-12,17H2,1,3H3/b10-5+,27-22-,29-19+. The summed E-state index contributed by atoms with van der Waals surface area (Å²) in [5.41, 5.74) is 5.57. The second-order valence-electron chi connectivity index (χ2n) is 7.80. The van der Waals surface area contributed by atoms with Crippen LogP contribution in [0.1, 0.15) is 37.8 Å². The van der Waals surface area contributed by atoms with Crippen LogP contribution in [-0.2, 0) is 12.8 Å². The molecule has 0 spiro atoms. The van der Waals surface area contributed by atoms with E-state index in [9.17, 15) is 9.65 Å². The van der Waals surface area contributed by atoms with Crippen LogP contribution in [0, 0.1) is 23.1 Å². The highest BCUT2D eigenvalue weighted by atomic mass is 19.1. The van der Waals surface area contributed by atoms with Gasteiger partial charge in [-0.15, -0.1) is 6.58 Å². The molecule has 0 N–H and O–H groups in total. The van der Waals surface area contributed by atoms with Crippen molar-refractivity contribution < 1.29 is 4.39 Å². The molecule has 1 heterocycles. The topological polar surface area (TPSA) is 36.7 Å². The van der Waals surface area contributed by atoms with Crippen molar-refractivity contribution in [3.63, 3.8) is 0 Å². The summed E-state index contributed by atoms with van der Waals surface area (Å²) in [7, 11) is 0. The van der Waals surface area contributed by atoms with Crippen LogP contribution in [0.5, 0.6) is 0 Å². The number of aryl methyl sites for hydroxylation is 1. The summed E-state index contributed by atoms with van der Waals surface area (Å²) >= 11 is 0. The predicted octanol–water partition coefficient (Wildman–Crippen LogP) is 7.49. The minimum absolute atomic E-state index is 0.00243. The third kappa shape index (κ3) is 7.63. The van der Waals surface area contributed by atoms with Crippen molar-refractivity contribution in [3.05, 3.63) is 125 Å². The Hall–Kier alpha value is -3.51. The number of hydrogen-bond acceptors (Lipinski definition) is 2. The SMILES string of the molecule is C=CC(Cc1cccnc1)/C(=C/C(C#N)=C(C)/C=C/C)C(=C)CCCc1cccc(F)c1. The normalized spacial score (nSPS) is 13.4. The van der Waals surface area contributed by atoms with Gasteiger partial charge in [-0.1, -0.05) is 48.6 Å². The minimum Gasteiger partial charge on any atom is -0.264 e. The lowest BCUT2D eigenvalue weighted by Gasteiger charge is -2.20. The smallest absolute Gasteiger partial charge is 0.123 e. The van der Waals surface area contributed by atoms with E-state index in [2.05, 4.69) is 24.2 Å². The number of benzene rings is 1. The number of halogens is 1. The Morgan fingerprint density at radius 2 is 2.03 bits per heavy atom. The summed E-state index contributed by atoms with van der Waals surface area (Å²) in [5.74, 6) is -0.212. The lowest BCUT2D eigenvalue weighted by Crippen LogP contribution is -2.08. The van der Waals surface area contributed by atoms with E-state index in [4.69, 9.17) is 0 Å². The molecule has 2 nitrogen and oxygen atoms in total. The van der Waals surface area contributed by atoms with Crippen LogP contribution in [-0.4, -0.2) is 4.98 Å². The first-order valence-electron chi connectivity index (χ1n) is 10.9. The summed E-state index contributed by atoms with van der Waals surface area (Å²) in [6, 6.07) is 13.0. The van der Waals surface area contributed by atoms with Crippen molar-refractivity contribution in [2.75, 3.05) is 0 Å². The maximum atomic E-state index is 13.5. The lowest BCUT2D eigenvalue weighted by molar-refractivity contribution is 0.624. The fraction of sp³-hybridized carbons (Fsp3) is 0.241. The molecule has 0 aliphatic carbocycles. The molecule has 0 amide bonds. The molecule has 1 aromatic carbocycles. The van der Waals surface area contributed by atoms with Gasteiger partial charge in [0.25, 0.3) is 0 Å². The predicted molar refractivity (Wildman–Crippen MR) is 131 cm³/mol. The number of pyridine rings is 1. The van der Waals surface area contributed by atoms with E-state index in [1.807, 2.05) is 62.5 Å². The van der Waals surface area contributed by atoms with Gasteiger partial charge >= 0.3 is 0 Å². The molecular weight excluding hydrogens is 395 g/mol. The Morgan fingerprint density at radius 1 is 1.25 bits per heavy atom. The molecule has 1 aromatic heterocycles. The van der Waals surface area contributed by atoms with E-state index >= 15 is 0 Å². The Balaban J connectivity index is 2.30.